The van der Waals surface area contributed by atoms with Crippen molar-refractivity contribution in [3.63, 3.8) is 0 Å². The van der Waals surface area contributed by atoms with Gasteiger partial charge in [-0.25, -0.2) is 0 Å². The van der Waals surface area contributed by atoms with E-state index in [-0.39, 0.29) is 17.6 Å². The summed E-state index contributed by atoms with van der Waals surface area (Å²) in [5.74, 6) is 1.24. The fourth-order valence-corrected chi connectivity index (χ4v) is 5.94. The SMILES string of the molecule is Cc1cc(OCc2ccccc2)ccc1C(CBr)C(=O)C(CBr)c1ccc(OCc2ccccc2)cc1C. The lowest BCUT2D eigenvalue weighted by Gasteiger charge is -2.23. The van der Waals surface area contributed by atoms with Gasteiger partial charge in [-0.3, -0.25) is 4.79 Å². The zero-order valence-corrected chi connectivity index (χ0v) is 24.9. The van der Waals surface area contributed by atoms with E-state index in [1.165, 1.54) is 0 Å². The lowest BCUT2D eigenvalue weighted by Crippen LogP contribution is -2.24. The van der Waals surface area contributed by atoms with Crippen molar-refractivity contribution in [2.45, 2.75) is 38.9 Å². The van der Waals surface area contributed by atoms with E-state index in [1.807, 2.05) is 111 Å². The second-order valence-electron chi connectivity index (χ2n) is 9.40. The molecule has 0 spiro atoms. The number of Topliss-reactive ketones (excluding diaryl/α,β-unsaturated/α-hetero) is 1. The summed E-state index contributed by atoms with van der Waals surface area (Å²) in [5.41, 5.74) is 6.37. The Kier molecular flexibility index (Phi) is 10.2. The molecular formula is C33H32Br2O3. The van der Waals surface area contributed by atoms with Crippen LogP contribution in [0.15, 0.2) is 97.1 Å². The quantitative estimate of drug-likeness (QED) is 0.146. The van der Waals surface area contributed by atoms with Gasteiger partial charge in [0.15, 0.2) is 0 Å². The van der Waals surface area contributed by atoms with Gasteiger partial charge >= 0.3 is 0 Å². The number of benzene rings is 4. The molecule has 2 unspecified atom stereocenters. The molecule has 0 aliphatic carbocycles. The minimum Gasteiger partial charge on any atom is -0.489 e. The summed E-state index contributed by atoms with van der Waals surface area (Å²) < 4.78 is 12.0. The molecule has 4 aromatic carbocycles. The number of aryl methyl sites for hydroxylation is 2. The zero-order valence-electron chi connectivity index (χ0n) is 21.7. The maximum Gasteiger partial charge on any atom is 0.149 e. The number of carbonyl (C=O) groups excluding carboxylic acids is 1. The minimum absolute atomic E-state index is 0.181. The standard InChI is InChI=1S/C33H32Br2O3/c1-23-17-27(37-21-25-9-5-3-6-10-25)13-15-29(23)31(19-34)33(36)32(20-35)30-16-14-28(18-24(30)2)38-22-26-11-7-4-8-12-26/h3-18,31-32H,19-22H2,1-2H3. The normalized spacial score (nSPS) is 12.5. The fourth-order valence-electron chi connectivity index (χ4n) is 4.61. The van der Waals surface area contributed by atoms with Gasteiger partial charge in [0.1, 0.15) is 30.5 Å². The summed E-state index contributed by atoms with van der Waals surface area (Å²) >= 11 is 7.25. The van der Waals surface area contributed by atoms with Gasteiger partial charge in [0, 0.05) is 10.7 Å². The third-order valence-electron chi connectivity index (χ3n) is 6.73. The van der Waals surface area contributed by atoms with Crippen LogP contribution in [0, 0.1) is 13.8 Å². The van der Waals surface area contributed by atoms with E-state index in [0.29, 0.717) is 23.9 Å². The number of hydrogen-bond donors (Lipinski definition) is 0. The molecule has 0 fully saturated rings. The molecular weight excluding hydrogens is 604 g/mol. The molecule has 0 bridgehead atoms. The smallest absolute Gasteiger partial charge is 0.149 e. The summed E-state index contributed by atoms with van der Waals surface area (Å²) in [4.78, 5) is 13.9. The van der Waals surface area contributed by atoms with E-state index < -0.39 is 0 Å². The second kappa shape index (κ2) is 13.8. The average Bonchev–Trinajstić information content (AvgIpc) is 2.94. The van der Waals surface area contributed by atoms with E-state index >= 15 is 0 Å². The molecule has 3 nitrogen and oxygen atoms in total. The van der Waals surface area contributed by atoms with Gasteiger partial charge in [-0.15, -0.1) is 0 Å². The molecule has 38 heavy (non-hydrogen) atoms. The number of ether oxygens (including phenoxy) is 2. The Morgan fingerprint density at radius 1 is 0.632 bits per heavy atom. The lowest BCUT2D eigenvalue weighted by atomic mass is 9.83. The topological polar surface area (TPSA) is 35.5 Å². The second-order valence-corrected chi connectivity index (χ2v) is 10.7. The molecule has 4 rings (SSSR count). The monoisotopic (exact) mass is 634 g/mol. The fraction of sp³-hybridized carbons (Fsp3) is 0.242. The van der Waals surface area contributed by atoms with Crippen LogP contribution in [0.5, 0.6) is 11.5 Å². The molecule has 0 aliphatic rings. The first-order valence-corrected chi connectivity index (χ1v) is 14.9. The molecule has 0 aromatic heterocycles. The Hall–Kier alpha value is -2.89. The number of carbonyl (C=O) groups is 1. The highest BCUT2D eigenvalue weighted by atomic mass is 79.9. The molecule has 0 saturated carbocycles. The van der Waals surface area contributed by atoms with Crippen LogP contribution in [-0.2, 0) is 18.0 Å². The van der Waals surface area contributed by atoms with Crippen molar-refractivity contribution >= 4 is 37.6 Å². The number of alkyl halides is 2. The molecule has 0 amide bonds. The summed E-state index contributed by atoms with van der Waals surface area (Å²) in [5, 5.41) is 1.11. The van der Waals surface area contributed by atoms with Crippen molar-refractivity contribution in [3.8, 4) is 11.5 Å². The highest BCUT2D eigenvalue weighted by Gasteiger charge is 2.30. The molecule has 0 radical (unpaired) electrons. The summed E-state index contributed by atoms with van der Waals surface area (Å²) in [7, 11) is 0. The number of hydrogen-bond acceptors (Lipinski definition) is 3. The average molecular weight is 636 g/mol. The van der Waals surface area contributed by atoms with Crippen molar-refractivity contribution in [2.24, 2.45) is 0 Å². The van der Waals surface area contributed by atoms with Crippen LogP contribution in [0.4, 0.5) is 0 Å². The van der Waals surface area contributed by atoms with Crippen LogP contribution in [0.2, 0.25) is 0 Å². The van der Waals surface area contributed by atoms with Crippen molar-refractivity contribution < 1.29 is 14.3 Å². The molecule has 0 aliphatic heterocycles. The first-order valence-electron chi connectivity index (χ1n) is 12.7. The van der Waals surface area contributed by atoms with E-state index in [9.17, 15) is 4.79 Å². The largest absolute Gasteiger partial charge is 0.489 e. The van der Waals surface area contributed by atoms with Gasteiger partial charge < -0.3 is 9.47 Å². The minimum atomic E-state index is -0.269. The predicted molar refractivity (Wildman–Crippen MR) is 162 cm³/mol. The number of rotatable bonds is 12. The Balaban J connectivity index is 1.47. The van der Waals surface area contributed by atoms with E-state index in [2.05, 4.69) is 31.9 Å². The molecule has 5 heteroatoms. The summed E-state index contributed by atoms with van der Waals surface area (Å²) in [6.45, 7) is 5.11. The van der Waals surface area contributed by atoms with Crippen LogP contribution < -0.4 is 9.47 Å². The van der Waals surface area contributed by atoms with Crippen LogP contribution in [0.1, 0.15) is 45.2 Å². The van der Waals surface area contributed by atoms with Gasteiger partial charge in [0.2, 0.25) is 0 Å². The third kappa shape index (κ3) is 7.15. The third-order valence-corrected chi connectivity index (χ3v) is 8.02. The molecule has 0 saturated heterocycles. The first-order chi connectivity index (χ1) is 18.5. The molecule has 4 aromatic rings. The van der Waals surface area contributed by atoms with E-state index in [0.717, 1.165) is 44.9 Å². The molecule has 0 heterocycles. The van der Waals surface area contributed by atoms with Crippen molar-refractivity contribution in [2.75, 3.05) is 10.7 Å². The first kappa shape index (κ1) is 28.1. The van der Waals surface area contributed by atoms with E-state index in [4.69, 9.17) is 9.47 Å². The summed E-state index contributed by atoms with van der Waals surface area (Å²) in [6, 6.07) is 32.2. The molecule has 0 N–H and O–H groups in total. The van der Waals surface area contributed by atoms with Gasteiger partial charge in [0.25, 0.3) is 0 Å². The zero-order chi connectivity index (χ0) is 26.9. The van der Waals surface area contributed by atoms with Gasteiger partial charge in [-0.1, -0.05) is 105 Å². The van der Waals surface area contributed by atoms with Gasteiger partial charge in [-0.2, -0.15) is 0 Å². The maximum atomic E-state index is 13.9. The predicted octanol–water partition coefficient (Wildman–Crippen LogP) is 8.69. The number of ketones is 1. The Morgan fingerprint density at radius 3 is 1.37 bits per heavy atom. The van der Waals surface area contributed by atoms with Crippen LogP contribution in [-0.4, -0.2) is 16.4 Å². The lowest BCUT2D eigenvalue weighted by molar-refractivity contribution is -0.121. The highest BCUT2D eigenvalue weighted by Crippen LogP contribution is 2.34. The summed E-state index contributed by atoms with van der Waals surface area (Å²) in [6.07, 6.45) is 0. The van der Waals surface area contributed by atoms with Crippen LogP contribution in [0.3, 0.4) is 0 Å². The van der Waals surface area contributed by atoms with E-state index in [1.54, 1.807) is 0 Å². The highest BCUT2D eigenvalue weighted by molar-refractivity contribution is 9.09. The van der Waals surface area contributed by atoms with Crippen molar-refractivity contribution in [1.82, 2.24) is 0 Å². The molecule has 196 valence electrons. The molecule has 2 atom stereocenters. The van der Waals surface area contributed by atoms with Crippen molar-refractivity contribution in [3.05, 3.63) is 130 Å². The number of halogens is 2. The van der Waals surface area contributed by atoms with Crippen molar-refractivity contribution in [1.29, 1.82) is 0 Å². The Bertz CT molecular complexity index is 1240. The maximum absolute atomic E-state index is 13.9. The Labute approximate surface area is 242 Å². The van der Waals surface area contributed by atoms with Crippen LogP contribution in [0.25, 0.3) is 0 Å². The van der Waals surface area contributed by atoms with Gasteiger partial charge in [0.05, 0.1) is 11.8 Å². The Morgan fingerprint density at radius 2 is 1.03 bits per heavy atom. The van der Waals surface area contributed by atoms with Gasteiger partial charge in [-0.05, 0) is 71.5 Å². The van der Waals surface area contributed by atoms with Crippen LogP contribution >= 0.6 is 31.9 Å².